The van der Waals surface area contributed by atoms with Gasteiger partial charge in [0.05, 0.1) is 11.4 Å². The summed E-state index contributed by atoms with van der Waals surface area (Å²) in [6, 6.07) is 10.5. The molecule has 20 heavy (non-hydrogen) atoms. The Morgan fingerprint density at radius 2 is 1.75 bits per heavy atom. The third-order valence-corrected chi connectivity index (χ3v) is 3.63. The first-order valence-corrected chi connectivity index (χ1v) is 6.17. The highest BCUT2D eigenvalue weighted by atomic mass is 16.4. The number of phenolic OH excluding ortho intramolecular Hbond substituents is 1. The normalized spacial score (nSPS) is 11.1. The van der Waals surface area contributed by atoms with Gasteiger partial charge in [0.1, 0.15) is 11.4 Å². The third-order valence-electron chi connectivity index (χ3n) is 3.63. The molecule has 0 radical (unpaired) electrons. The fraction of sp³-hybridized carbons (Fsp3) is 0.133. The van der Waals surface area contributed by atoms with Crippen molar-refractivity contribution in [3.63, 3.8) is 0 Å². The van der Waals surface area contributed by atoms with E-state index in [2.05, 4.69) is 0 Å². The number of aromatic hydroxyl groups is 1. The number of carboxylic acids is 1. The largest absolute Gasteiger partial charge is 0.508 e. The van der Waals surface area contributed by atoms with Crippen LogP contribution in [0.4, 0.5) is 0 Å². The highest BCUT2D eigenvalue weighted by Gasteiger charge is 2.15. The number of fused-ring (bicyclic) bond motifs is 1. The van der Waals surface area contributed by atoms with Crippen LogP contribution in [0.5, 0.6) is 5.75 Å². The van der Waals surface area contributed by atoms with Crippen LogP contribution in [0.3, 0.4) is 0 Å². The molecule has 1 aromatic carbocycles. The second kappa shape index (κ2) is 4.16. The van der Waals surface area contributed by atoms with E-state index in [0.29, 0.717) is 0 Å². The Morgan fingerprint density at radius 3 is 2.40 bits per heavy atom. The molecule has 0 aliphatic rings. The van der Waals surface area contributed by atoms with Crippen molar-refractivity contribution < 1.29 is 15.0 Å². The molecule has 0 saturated carbocycles. The lowest BCUT2D eigenvalue weighted by Crippen LogP contribution is -2.06. The van der Waals surface area contributed by atoms with Crippen LogP contribution in [0.15, 0.2) is 36.4 Å². The Kier molecular flexibility index (Phi) is 2.57. The summed E-state index contributed by atoms with van der Waals surface area (Å²) in [5.41, 5.74) is 2.95. The van der Waals surface area contributed by atoms with Gasteiger partial charge >= 0.3 is 5.97 Å². The van der Waals surface area contributed by atoms with E-state index in [-0.39, 0.29) is 11.4 Å². The van der Waals surface area contributed by atoms with Gasteiger partial charge in [-0.05, 0) is 36.4 Å². The number of hydrogen-bond acceptors (Lipinski definition) is 2. The van der Waals surface area contributed by atoms with E-state index in [1.165, 1.54) is 0 Å². The van der Waals surface area contributed by atoms with Gasteiger partial charge in [-0.25, -0.2) is 4.79 Å². The Balaban J connectivity index is 2.25. The number of benzene rings is 1. The van der Waals surface area contributed by atoms with Crippen molar-refractivity contribution in [2.75, 3.05) is 0 Å². The molecular weight excluding hydrogens is 256 g/mol. The minimum absolute atomic E-state index is 0.216. The Hall–Kier alpha value is -2.69. The van der Waals surface area contributed by atoms with Crippen molar-refractivity contribution in [2.45, 2.75) is 0 Å². The molecule has 5 heteroatoms. The molecule has 5 nitrogen and oxygen atoms in total. The summed E-state index contributed by atoms with van der Waals surface area (Å²) < 4.78 is 3.63. The minimum atomic E-state index is -0.949. The standard InChI is InChI=1S/C15H14N2O3/c1-16-11-4-3-10(18)7-9(11)8-14(16)12-5-6-13(15(19)20)17(12)2/h3-8,18H,1-2H3,(H,19,20). The van der Waals surface area contributed by atoms with Gasteiger partial charge in [0.2, 0.25) is 0 Å². The highest BCUT2D eigenvalue weighted by molar-refractivity contribution is 5.90. The summed E-state index contributed by atoms with van der Waals surface area (Å²) in [6.45, 7) is 0. The van der Waals surface area contributed by atoms with Crippen molar-refractivity contribution >= 4 is 16.9 Å². The molecule has 0 bridgehead atoms. The number of carbonyl (C=O) groups is 1. The molecule has 0 aliphatic heterocycles. The maximum absolute atomic E-state index is 11.1. The predicted molar refractivity (Wildman–Crippen MR) is 76.0 cm³/mol. The van der Waals surface area contributed by atoms with Crippen molar-refractivity contribution in [1.82, 2.24) is 9.13 Å². The molecular formula is C15H14N2O3. The summed E-state index contributed by atoms with van der Waals surface area (Å²) >= 11 is 0. The molecule has 0 fully saturated rings. The molecule has 2 heterocycles. The molecule has 2 N–H and O–H groups in total. The lowest BCUT2D eigenvalue weighted by atomic mass is 10.2. The number of phenols is 1. The van der Waals surface area contributed by atoms with E-state index in [1.54, 1.807) is 35.9 Å². The number of nitrogens with zero attached hydrogens (tertiary/aromatic N) is 2. The molecule has 0 atom stereocenters. The summed E-state index contributed by atoms with van der Waals surface area (Å²) in [4.78, 5) is 11.1. The average molecular weight is 270 g/mol. The number of carboxylic acid groups (broad SMARTS) is 1. The fourth-order valence-corrected chi connectivity index (χ4v) is 2.57. The van der Waals surface area contributed by atoms with E-state index in [9.17, 15) is 9.90 Å². The zero-order valence-electron chi connectivity index (χ0n) is 11.2. The minimum Gasteiger partial charge on any atom is -0.508 e. The summed E-state index contributed by atoms with van der Waals surface area (Å²) in [7, 11) is 3.65. The highest BCUT2D eigenvalue weighted by Crippen LogP contribution is 2.30. The maximum Gasteiger partial charge on any atom is 0.352 e. The molecule has 2 aromatic heterocycles. The fourth-order valence-electron chi connectivity index (χ4n) is 2.57. The summed E-state index contributed by atoms with van der Waals surface area (Å²) in [6.07, 6.45) is 0. The average Bonchev–Trinajstić information content (AvgIpc) is 2.90. The Morgan fingerprint density at radius 1 is 1.00 bits per heavy atom. The second-order valence-electron chi connectivity index (χ2n) is 4.80. The summed E-state index contributed by atoms with van der Waals surface area (Å²) in [5, 5.41) is 19.6. The Bertz CT molecular complexity index is 827. The van der Waals surface area contributed by atoms with Gasteiger partial charge < -0.3 is 19.3 Å². The second-order valence-corrected chi connectivity index (χ2v) is 4.80. The van der Waals surface area contributed by atoms with Crippen molar-refractivity contribution in [3.05, 3.63) is 42.1 Å². The molecule has 0 spiro atoms. The van der Waals surface area contributed by atoms with Crippen molar-refractivity contribution in [1.29, 1.82) is 0 Å². The van der Waals surface area contributed by atoms with Crippen LogP contribution in [-0.2, 0) is 14.1 Å². The van der Waals surface area contributed by atoms with Crippen LogP contribution in [0.1, 0.15) is 10.5 Å². The van der Waals surface area contributed by atoms with Gasteiger partial charge in [-0.3, -0.25) is 0 Å². The molecule has 0 unspecified atom stereocenters. The van der Waals surface area contributed by atoms with Gasteiger partial charge in [-0.2, -0.15) is 0 Å². The number of aromatic nitrogens is 2. The van der Waals surface area contributed by atoms with Gasteiger partial charge in [0.25, 0.3) is 0 Å². The van der Waals surface area contributed by atoms with E-state index in [4.69, 9.17) is 5.11 Å². The van der Waals surface area contributed by atoms with Gasteiger partial charge in [-0.15, -0.1) is 0 Å². The quantitative estimate of drug-likeness (QED) is 0.752. The molecule has 0 amide bonds. The van der Waals surface area contributed by atoms with Crippen molar-refractivity contribution in [2.24, 2.45) is 14.1 Å². The molecule has 0 aliphatic carbocycles. The summed E-state index contributed by atoms with van der Waals surface area (Å²) in [5.74, 6) is -0.733. The molecule has 3 rings (SSSR count). The smallest absolute Gasteiger partial charge is 0.352 e. The first-order valence-electron chi connectivity index (χ1n) is 6.17. The van der Waals surface area contributed by atoms with E-state index in [0.717, 1.165) is 22.3 Å². The van der Waals surface area contributed by atoms with Crippen LogP contribution in [0.2, 0.25) is 0 Å². The zero-order chi connectivity index (χ0) is 14.4. The SMILES string of the molecule is Cn1c(C(=O)O)ccc1-c1cc2cc(O)ccc2n1C. The van der Waals surface area contributed by atoms with Crippen LogP contribution in [-0.4, -0.2) is 25.3 Å². The lowest BCUT2D eigenvalue weighted by molar-refractivity contribution is 0.0686. The number of aryl methyl sites for hydroxylation is 1. The van der Waals surface area contributed by atoms with E-state index < -0.39 is 5.97 Å². The first-order chi connectivity index (χ1) is 9.49. The van der Waals surface area contributed by atoms with Crippen LogP contribution >= 0.6 is 0 Å². The van der Waals surface area contributed by atoms with Crippen LogP contribution in [0.25, 0.3) is 22.3 Å². The van der Waals surface area contributed by atoms with Crippen molar-refractivity contribution in [3.8, 4) is 17.1 Å². The zero-order valence-corrected chi connectivity index (χ0v) is 11.2. The topological polar surface area (TPSA) is 67.4 Å². The van der Waals surface area contributed by atoms with Gasteiger partial charge in [-0.1, -0.05) is 0 Å². The maximum atomic E-state index is 11.1. The number of rotatable bonds is 2. The number of hydrogen-bond donors (Lipinski definition) is 2. The van der Waals surface area contributed by atoms with E-state index in [1.807, 2.05) is 23.7 Å². The van der Waals surface area contributed by atoms with Gasteiger partial charge in [0, 0.05) is 25.0 Å². The van der Waals surface area contributed by atoms with Crippen LogP contribution in [0, 0.1) is 0 Å². The van der Waals surface area contributed by atoms with E-state index >= 15 is 0 Å². The predicted octanol–water partition coefficient (Wildman–Crippen LogP) is 2.59. The molecule has 3 aromatic rings. The Labute approximate surface area is 115 Å². The van der Waals surface area contributed by atoms with Gasteiger partial charge in [0.15, 0.2) is 0 Å². The van der Waals surface area contributed by atoms with Crippen LogP contribution < -0.4 is 0 Å². The monoisotopic (exact) mass is 270 g/mol. The molecule has 102 valence electrons. The first kappa shape index (κ1) is 12.3. The number of aromatic carboxylic acids is 1. The molecule has 0 saturated heterocycles. The third kappa shape index (κ3) is 1.67. The lowest BCUT2D eigenvalue weighted by Gasteiger charge is -2.07.